The van der Waals surface area contributed by atoms with Gasteiger partial charge in [-0.05, 0) is 34.1 Å². The van der Waals surface area contributed by atoms with Crippen molar-refractivity contribution in [3.05, 3.63) is 43.3 Å². The molecule has 88 valence electrons. The minimum absolute atomic E-state index is 0.0613. The van der Waals surface area contributed by atoms with Gasteiger partial charge in [-0.25, -0.2) is 4.39 Å². The molecular weight excluding hydrogens is 359 g/mol. The molecule has 2 rings (SSSR count). The number of nitrogens with one attached hydrogen (secondary N) is 1. The van der Waals surface area contributed by atoms with Crippen LogP contribution in [0.2, 0.25) is 0 Å². The van der Waals surface area contributed by atoms with E-state index in [1.165, 1.54) is 18.2 Å². The summed E-state index contributed by atoms with van der Waals surface area (Å²) in [5, 5.41) is 9.42. The Labute approximate surface area is 112 Å². The Hall–Kier alpha value is -1.21. The van der Waals surface area contributed by atoms with Crippen LogP contribution in [0, 0.1) is 5.82 Å². The van der Waals surface area contributed by atoms with Gasteiger partial charge >= 0.3 is 0 Å². The molecule has 0 saturated carbocycles. The van der Waals surface area contributed by atoms with Gasteiger partial charge in [0.1, 0.15) is 16.1 Å². The maximum Gasteiger partial charge on any atom is 0.269 e. The second-order valence-corrected chi connectivity index (χ2v) is 4.82. The average Bonchev–Trinajstić information content (AvgIpc) is 2.28. The molecule has 1 heterocycles. The fraction of sp³-hybridized carbons (Fsp3) is 0. The topological polar surface area (TPSA) is 66.0 Å². The molecule has 0 aliphatic rings. The third-order valence-electron chi connectivity index (χ3n) is 2.03. The lowest BCUT2D eigenvalue weighted by Gasteiger charge is -2.05. The monoisotopic (exact) mass is 362 g/mol. The van der Waals surface area contributed by atoms with Gasteiger partial charge in [-0.1, -0.05) is 15.9 Å². The van der Waals surface area contributed by atoms with Crippen molar-refractivity contribution in [3.8, 4) is 17.3 Å². The molecule has 2 N–H and O–H groups in total. The van der Waals surface area contributed by atoms with Gasteiger partial charge in [0, 0.05) is 10.0 Å². The van der Waals surface area contributed by atoms with E-state index in [4.69, 9.17) is 0 Å². The van der Waals surface area contributed by atoms with Crippen LogP contribution in [0.25, 0.3) is 11.4 Å². The zero-order chi connectivity index (χ0) is 12.6. The highest BCUT2D eigenvalue weighted by Gasteiger charge is 2.12. The Kier molecular flexibility index (Phi) is 3.30. The lowest BCUT2D eigenvalue weighted by Crippen LogP contribution is -2.10. The van der Waals surface area contributed by atoms with Crippen molar-refractivity contribution < 1.29 is 9.50 Å². The summed E-state index contributed by atoms with van der Waals surface area (Å²) in [4.78, 5) is 17.6. The smallest absolute Gasteiger partial charge is 0.269 e. The standard InChI is InChI=1S/C10H5Br2FN2O2/c11-6-2-1-4(13)3-5(6)8-14-9(16)7(12)10(17)15-8/h1-3H,(H2,14,15,16,17). The minimum Gasteiger partial charge on any atom is -0.492 e. The van der Waals surface area contributed by atoms with Crippen molar-refractivity contribution in [3.63, 3.8) is 0 Å². The lowest BCUT2D eigenvalue weighted by atomic mass is 10.2. The van der Waals surface area contributed by atoms with E-state index in [1.54, 1.807) is 0 Å². The number of hydrogen-bond acceptors (Lipinski definition) is 3. The molecule has 0 unspecified atom stereocenters. The number of aromatic amines is 1. The molecule has 0 spiro atoms. The molecule has 0 atom stereocenters. The predicted octanol–water partition coefficient (Wildman–Crippen LogP) is 2.81. The van der Waals surface area contributed by atoms with E-state index < -0.39 is 17.3 Å². The highest BCUT2D eigenvalue weighted by Crippen LogP contribution is 2.27. The number of aromatic hydroxyl groups is 1. The van der Waals surface area contributed by atoms with Crippen molar-refractivity contribution in [1.82, 2.24) is 9.97 Å². The van der Waals surface area contributed by atoms with E-state index in [0.29, 0.717) is 10.0 Å². The van der Waals surface area contributed by atoms with E-state index >= 15 is 0 Å². The molecule has 0 aliphatic heterocycles. The molecule has 1 aromatic carbocycles. The Morgan fingerprint density at radius 1 is 1.35 bits per heavy atom. The van der Waals surface area contributed by atoms with E-state index in [9.17, 15) is 14.3 Å². The number of nitrogens with zero attached hydrogens (tertiary/aromatic N) is 1. The van der Waals surface area contributed by atoms with Gasteiger partial charge in [-0.2, -0.15) is 4.98 Å². The molecule has 0 saturated heterocycles. The molecule has 0 aliphatic carbocycles. The first-order chi connectivity index (χ1) is 7.99. The molecule has 0 amide bonds. The first-order valence-electron chi connectivity index (χ1n) is 4.43. The van der Waals surface area contributed by atoms with Crippen molar-refractivity contribution >= 4 is 31.9 Å². The Balaban J connectivity index is 2.69. The van der Waals surface area contributed by atoms with Crippen LogP contribution >= 0.6 is 31.9 Å². The molecule has 2 aromatic rings. The van der Waals surface area contributed by atoms with Gasteiger partial charge in [-0.15, -0.1) is 0 Å². The van der Waals surface area contributed by atoms with Crippen molar-refractivity contribution in [2.45, 2.75) is 0 Å². The third-order valence-corrected chi connectivity index (χ3v) is 3.44. The number of rotatable bonds is 1. The second-order valence-electron chi connectivity index (χ2n) is 3.18. The zero-order valence-electron chi connectivity index (χ0n) is 8.17. The second kappa shape index (κ2) is 4.58. The van der Waals surface area contributed by atoms with Gasteiger partial charge in [0.15, 0.2) is 0 Å². The highest BCUT2D eigenvalue weighted by atomic mass is 79.9. The summed E-state index contributed by atoms with van der Waals surface area (Å²) >= 11 is 6.09. The SMILES string of the molecule is O=c1[nH]c(-c2cc(F)ccc2Br)nc(O)c1Br. The number of aromatic nitrogens is 2. The first kappa shape index (κ1) is 12.3. The van der Waals surface area contributed by atoms with Crippen LogP contribution in [-0.2, 0) is 0 Å². The summed E-state index contributed by atoms with van der Waals surface area (Å²) in [6.45, 7) is 0. The maximum atomic E-state index is 13.1. The molecule has 1 aromatic heterocycles. The first-order valence-corrected chi connectivity index (χ1v) is 6.02. The number of benzene rings is 1. The van der Waals surface area contributed by atoms with Gasteiger partial charge in [-0.3, -0.25) is 4.79 Å². The van der Waals surface area contributed by atoms with Gasteiger partial charge in [0.05, 0.1) is 0 Å². The molecule has 0 radical (unpaired) electrons. The van der Waals surface area contributed by atoms with Gasteiger partial charge in [0.25, 0.3) is 5.56 Å². The summed E-state index contributed by atoms with van der Waals surface area (Å²) in [5.74, 6) is -0.824. The summed E-state index contributed by atoms with van der Waals surface area (Å²) < 4.78 is 13.6. The van der Waals surface area contributed by atoms with E-state index in [-0.39, 0.29) is 10.3 Å². The van der Waals surface area contributed by atoms with E-state index in [1.807, 2.05) is 0 Å². The van der Waals surface area contributed by atoms with E-state index in [0.717, 1.165) is 0 Å². The van der Waals surface area contributed by atoms with E-state index in [2.05, 4.69) is 41.8 Å². The van der Waals surface area contributed by atoms with Crippen LogP contribution in [-0.4, -0.2) is 15.1 Å². The number of H-pyrrole nitrogens is 1. The minimum atomic E-state index is -0.538. The third kappa shape index (κ3) is 2.39. The molecule has 7 heteroatoms. The molecule has 0 bridgehead atoms. The maximum absolute atomic E-state index is 13.1. The van der Waals surface area contributed by atoms with Gasteiger partial charge in [0.2, 0.25) is 5.88 Å². The summed E-state index contributed by atoms with van der Waals surface area (Å²) in [6, 6.07) is 3.96. The van der Waals surface area contributed by atoms with Gasteiger partial charge < -0.3 is 10.1 Å². The fourth-order valence-corrected chi connectivity index (χ4v) is 1.88. The molecule has 17 heavy (non-hydrogen) atoms. The predicted molar refractivity (Wildman–Crippen MR) is 67.3 cm³/mol. The van der Waals surface area contributed by atoms with Crippen molar-refractivity contribution in [1.29, 1.82) is 0 Å². The zero-order valence-corrected chi connectivity index (χ0v) is 11.3. The highest BCUT2D eigenvalue weighted by molar-refractivity contribution is 9.10. The largest absolute Gasteiger partial charge is 0.492 e. The molecule has 4 nitrogen and oxygen atoms in total. The lowest BCUT2D eigenvalue weighted by molar-refractivity contribution is 0.448. The average molecular weight is 364 g/mol. The number of hydrogen-bond donors (Lipinski definition) is 2. The van der Waals surface area contributed by atoms with Crippen LogP contribution in [0.5, 0.6) is 5.88 Å². The Bertz CT molecular complexity index is 643. The number of halogens is 3. The van der Waals surface area contributed by atoms with Crippen LogP contribution in [0.15, 0.2) is 31.9 Å². The summed E-state index contributed by atoms with van der Waals surface area (Å²) in [6.07, 6.45) is 0. The Morgan fingerprint density at radius 3 is 2.71 bits per heavy atom. The van der Waals surface area contributed by atoms with Crippen LogP contribution in [0.4, 0.5) is 4.39 Å². The normalized spacial score (nSPS) is 10.5. The summed E-state index contributed by atoms with van der Waals surface area (Å²) in [5.41, 5.74) is -0.187. The molecular formula is C10H5Br2FN2O2. The van der Waals surface area contributed by atoms with Crippen LogP contribution < -0.4 is 5.56 Å². The molecule has 0 fully saturated rings. The fourth-order valence-electron chi connectivity index (χ4n) is 1.25. The quantitative estimate of drug-likeness (QED) is 0.818. The summed E-state index contributed by atoms with van der Waals surface area (Å²) in [7, 11) is 0. The Morgan fingerprint density at radius 2 is 2.06 bits per heavy atom. The van der Waals surface area contributed by atoms with Crippen LogP contribution in [0.1, 0.15) is 0 Å². The van der Waals surface area contributed by atoms with Crippen molar-refractivity contribution in [2.75, 3.05) is 0 Å². The van der Waals surface area contributed by atoms with Crippen LogP contribution in [0.3, 0.4) is 0 Å². The van der Waals surface area contributed by atoms with Crippen molar-refractivity contribution in [2.24, 2.45) is 0 Å².